The molecule has 0 aliphatic heterocycles. The van der Waals surface area contributed by atoms with E-state index < -0.39 is 0 Å². The van der Waals surface area contributed by atoms with Gasteiger partial charge in [-0.2, -0.15) is 0 Å². The molecule has 1 aromatic rings. The van der Waals surface area contributed by atoms with Gasteiger partial charge in [-0.3, -0.25) is 4.79 Å². The summed E-state index contributed by atoms with van der Waals surface area (Å²) < 4.78 is 0. The summed E-state index contributed by atoms with van der Waals surface area (Å²) in [5.41, 5.74) is 6.41. The number of hydrogen-bond acceptors (Lipinski definition) is 2. The minimum atomic E-state index is 0.500. The Morgan fingerprint density at radius 1 is 1.67 bits per heavy atom. The third-order valence-electron chi connectivity index (χ3n) is 0.984. The smallest absolute Gasteiger partial charge is 0.150 e. The van der Waals surface area contributed by atoms with Gasteiger partial charge in [-0.1, -0.05) is 12.1 Å². The van der Waals surface area contributed by atoms with Crippen molar-refractivity contribution in [2.24, 2.45) is 0 Å². The molecule has 0 aliphatic rings. The maximum absolute atomic E-state index is 10.1. The van der Waals surface area contributed by atoms with E-state index in [9.17, 15) is 4.79 Å². The van der Waals surface area contributed by atoms with Crippen LogP contribution in [0.2, 0.25) is 0 Å². The van der Waals surface area contributed by atoms with E-state index in [1.165, 1.54) is 0 Å². The van der Waals surface area contributed by atoms with Crippen molar-refractivity contribution in [1.82, 2.24) is 0 Å². The SMILES string of the molecule is Nc1[c]ccc(C=O)c1. The molecule has 0 heterocycles. The van der Waals surface area contributed by atoms with E-state index in [2.05, 4.69) is 6.07 Å². The zero-order valence-electron chi connectivity index (χ0n) is 4.79. The summed E-state index contributed by atoms with van der Waals surface area (Å²) in [6.07, 6.45) is 0.754. The molecule has 0 atom stereocenters. The number of rotatable bonds is 1. The highest BCUT2D eigenvalue weighted by molar-refractivity contribution is 5.76. The van der Waals surface area contributed by atoms with Gasteiger partial charge in [0.1, 0.15) is 6.29 Å². The predicted molar refractivity (Wildman–Crippen MR) is 35.1 cm³/mol. The summed E-state index contributed by atoms with van der Waals surface area (Å²) in [7, 11) is 0. The van der Waals surface area contributed by atoms with Crippen LogP contribution < -0.4 is 5.73 Å². The van der Waals surface area contributed by atoms with Crippen molar-refractivity contribution >= 4 is 12.0 Å². The highest BCUT2D eigenvalue weighted by atomic mass is 16.1. The number of nitrogen functional groups attached to an aromatic ring is 1. The fourth-order valence-corrected chi connectivity index (χ4v) is 0.577. The number of benzene rings is 1. The largest absolute Gasteiger partial charge is 0.398 e. The topological polar surface area (TPSA) is 43.1 Å². The summed E-state index contributed by atoms with van der Waals surface area (Å²) in [5.74, 6) is 0. The third kappa shape index (κ3) is 1.29. The van der Waals surface area contributed by atoms with Crippen LogP contribution in [0.3, 0.4) is 0 Å². The van der Waals surface area contributed by atoms with E-state index in [0.29, 0.717) is 11.3 Å². The van der Waals surface area contributed by atoms with E-state index in [4.69, 9.17) is 5.73 Å². The van der Waals surface area contributed by atoms with Crippen molar-refractivity contribution in [2.75, 3.05) is 5.73 Å². The molecule has 2 N–H and O–H groups in total. The molecule has 0 fully saturated rings. The first kappa shape index (κ1) is 5.82. The highest BCUT2D eigenvalue weighted by Gasteiger charge is 1.87. The number of hydrogen-bond donors (Lipinski definition) is 1. The van der Waals surface area contributed by atoms with Crippen LogP contribution in [-0.4, -0.2) is 6.29 Å². The molecule has 1 rings (SSSR count). The predicted octanol–water partition coefficient (Wildman–Crippen LogP) is 0.881. The Hall–Kier alpha value is -1.31. The lowest BCUT2D eigenvalue weighted by molar-refractivity contribution is 0.112. The van der Waals surface area contributed by atoms with Crippen LogP contribution in [0.5, 0.6) is 0 Å². The Morgan fingerprint density at radius 3 is 2.89 bits per heavy atom. The maximum atomic E-state index is 10.1. The second-order valence-corrected chi connectivity index (χ2v) is 1.70. The van der Waals surface area contributed by atoms with Crippen molar-refractivity contribution in [3.8, 4) is 0 Å². The van der Waals surface area contributed by atoms with Crippen molar-refractivity contribution in [2.45, 2.75) is 0 Å². The number of anilines is 1. The average molecular weight is 120 g/mol. The van der Waals surface area contributed by atoms with Gasteiger partial charge >= 0.3 is 0 Å². The Balaban J connectivity index is 3.07. The van der Waals surface area contributed by atoms with Gasteiger partial charge in [0.2, 0.25) is 0 Å². The van der Waals surface area contributed by atoms with Gasteiger partial charge in [-0.25, -0.2) is 0 Å². The molecule has 2 nitrogen and oxygen atoms in total. The molecule has 0 aromatic heterocycles. The molecule has 0 bridgehead atoms. The highest BCUT2D eigenvalue weighted by Crippen LogP contribution is 2.01. The van der Waals surface area contributed by atoms with Crippen molar-refractivity contribution in [3.05, 3.63) is 29.8 Å². The molecule has 0 saturated heterocycles. The minimum absolute atomic E-state index is 0.500. The van der Waals surface area contributed by atoms with Crippen LogP contribution in [0.4, 0.5) is 5.69 Å². The van der Waals surface area contributed by atoms with Gasteiger partial charge in [0.05, 0.1) is 0 Å². The minimum Gasteiger partial charge on any atom is -0.398 e. The van der Waals surface area contributed by atoms with Crippen LogP contribution >= 0.6 is 0 Å². The Labute approximate surface area is 53.3 Å². The van der Waals surface area contributed by atoms with Crippen LogP contribution in [0.25, 0.3) is 0 Å². The van der Waals surface area contributed by atoms with E-state index >= 15 is 0 Å². The Kier molecular flexibility index (Phi) is 1.49. The first-order valence-corrected chi connectivity index (χ1v) is 2.55. The van der Waals surface area contributed by atoms with Crippen molar-refractivity contribution < 1.29 is 4.79 Å². The molecule has 2 heteroatoms. The molecule has 0 aliphatic carbocycles. The number of carbonyl (C=O) groups excluding carboxylic acids is 1. The molecule has 45 valence electrons. The van der Waals surface area contributed by atoms with Gasteiger partial charge < -0.3 is 5.73 Å². The fraction of sp³-hybridized carbons (Fsp3) is 0. The van der Waals surface area contributed by atoms with E-state index in [1.807, 2.05) is 0 Å². The molecule has 0 unspecified atom stereocenters. The Bertz CT molecular complexity index is 220. The van der Waals surface area contributed by atoms with Gasteiger partial charge in [0, 0.05) is 17.3 Å². The lowest BCUT2D eigenvalue weighted by Gasteiger charge is -1.89. The first-order chi connectivity index (χ1) is 4.33. The summed E-state index contributed by atoms with van der Waals surface area (Å²) in [4.78, 5) is 10.1. The van der Waals surface area contributed by atoms with Crippen LogP contribution in [0, 0.1) is 6.07 Å². The second-order valence-electron chi connectivity index (χ2n) is 1.70. The van der Waals surface area contributed by atoms with Gasteiger partial charge in [0.15, 0.2) is 0 Å². The fourth-order valence-electron chi connectivity index (χ4n) is 0.577. The number of nitrogens with two attached hydrogens (primary N) is 1. The second kappa shape index (κ2) is 2.31. The third-order valence-corrected chi connectivity index (χ3v) is 0.984. The van der Waals surface area contributed by atoms with Crippen LogP contribution in [-0.2, 0) is 0 Å². The molecule has 0 amide bonds. The number of carbonyl (C=O) groups is 1. The number of aldehydes is 1. The van der Waals surface area contributed by atoms with E-state index in [-0.39, 0.29) is 0 Å². The lowest BCUT2D eigenvalue weighted by atomic mass is 10.2. The normalized spacial score (nSPS) is 8.89. The van der Waals surface area contributed by atoms with E-state index in [1.54, 1.807) is 18.2 Å². The van der Waals surface area contributed by atoms with Crippen molar-refractivity contribution in [1.29, 1.82) is 0 Å². The van der Waals surface area contributed by atoms with Crippen molar-refractivity contribution in [3.63, 3.8) is 0 Å². The molecular formula is C7H6NO. The summed E-state index contributed by atoms with van der Waals surface area (Å²) in [6.45, 7) is 0. The lowest BCUT2D eigenvalue weighted by Crippen LogP contribution is -1.86. The summed E-state index contributed by atoms with van der Waals surface area (Å²) >= 11 is 0. The molecule has 9 heavy (non-hydrogen) atoms. The van der Waals surface area contributed by atoms with Crippen LogP contribution in [0.15, 0.2) is 18.2 Å². The molecule has 1 radical (unpaired) electrons. The Morgan fingerprint density at radius 2 is 2.44 bits per heavy atom. The van der Waals surface area contributed by atoms with Gasteiger partial charge in [-0.15, -0.1) is 0 Å². The summed E-state index contributed by atoms with van der Waals surface area (Å²) in [6, 6.07) is 7.58. The summed E-state index contributed by atoms with van der Waals surface area (Å²) in [5, 5.41) is 0. The first-order valence-electron chi connectivity index (χ1n) is 2.55. The standard InChI is InChI=1S/C7H6NO/c8-7-3-1-2-6(4-7)5-9/h1-2,4-5H,8H2. The quantitative estimate of drug-likeness (QED) is 0.441. The van der Waals surface area contributed by atoms with Gasteiger partial charge in [-0.05, 0) is 6.07 Å². The molecule has 1 aromatic carbocycles. The average Bonchev–Trinajstić information content (AvgIpc) is 1.88. The maximum Gasteiger partial charge on any atom is 0.150 e. The zero-order chi connectivity index (χ0) is 6.69. The molecule has 0 saturated carbocycles. The monoisotopic (exact) mass is 120 g/mol. The molecule has 0 spiro atoms. The van der Waals surface area contributed by atoms with Crippen LogP contribution in [0.1, 0.15) is 10.4 Å². The zero-order valence-corrected chi connectivity index (χ0v) is 4.79. The molecular weight excluding hydrogens is 114 g/mol. The van der Waals surface area contributed by atoms with E-state index in [0.717, 1.165) is 6.29 Å². The van der Waals surface area contributed by atoms with Gasteiger partial charge in [0.25, 0.3) is 0 Å².